The Labute approximate surface area is 180 Å². The van der Waals surface area contributed by atoms with E-state index in [9.17, 15) is 13.2 Å². The Morgan fingerprint density at radius 3 is 2.43 bits per heavy atom. The van der Waals surface area contributed by atoms with Gasteiger partial charge in [-0.3, -0.25) is 9.78 Å². The topological polar surface area (TPSA) is 85.4 Å². The quantitative estimate of drug-likeness (QED) is 0.571. The lowest BCUT2D eigenvalue weighted by atomic mass is 10.2. The monoisotopic (exact) mass is 444 g/mol. The van der Waals surface area contributed by atoms with Gasteiger partial charge in [-0.2, -0.15) is 0 Å². The van der Waals surface area contributed by atoms with Crippen LogP contribution in [0.3, 0.4) is 0 Å². The summed E-state index contributed by atoms with van der Waals surface area (Å²) in [7, 11) is -3.75. The fraction of sp³-hybridized carbons (Fsp3) is 0.182. The second kappa shape index (κ2) is 9.73. The van der Waals surface area contributed by atoms with Crippen LogP contribution in [-0.4, -0.2) is 32.5 Å². The molecule has 0 spiro atoms. The van der Waals surface area contributed by atoms with Gasteiger partial charge in [0.15, 0.2) is 16.4 Å². The molecule has 2 aromatic carbocycles. The van der Waals surface area contributed by atoms with Crippen molar-refractivity contribution in [1.29, 1.82) is 0 Å². The number of carbonyl (C=O) groups excluding carboxylic acids is 1. The third-order valence-electron chi connectivity index (χ3n) is 4.45. The SMILES string of the molecule is Cc1ccc(S(=O)(=O)[C@@H](CNC(=O)COc2ccc(Cl)cc2)c2cccnc2)cc1. The highest BCUT2D eigenvalue weighted by Gasteiger charge is 2.29. The van der Waals surface area contributed by atoms with Gasteiger partial charge in [-0.05, 0) is 55.0 Å². The number of rotatable bonds is 8. The van der Waals surface area contributed by atoms with Crippen LogP contribution in [0.5, 0.6) is 5.75 Å². The maximum absolute atomic E-state index is 13.2. The first-order chi connectivity index (χ1) is 14.4. The third-order valence-corrected chi connectivity index (χ3v) is 6.82. The molecule has 0 saturated heterocycles. The van der Waals surface area contributed by atoms with Crippen LogP contribution < -0.4 is 10.1 Å². The van der Waals surface area contributed by atoms with E-state index in [1.165, 1.54) is 6.20 Å². The number of sulfone groups is 1. The number of ether oxygens (including phenoxy) is 1. The Hall–Kier alpha value is -2.90. The molecule has 3 rings (SSSR count). The molecule has 1 heterocycles. The van der Waals surface area contributed by atoms with Gasteiger partial charge in [0.05, 0.1) is 4.90 Å². The van der Waals surface area contributed by atoms with Crippen molar-refractivity contribution in [3.8, 4) is 5.75 Å². The molecule has 0 radical (unpaired) electrons. The summed E-state index contributed by atoms with van der Waals surface area (Å²) >= 11 is 5.82. The summed E-state index contributed by atoms with van der Waals surface area (Å²) in [6, 6.07) is 16.6. The van der Waals surface area contributed by atoms with E-state index in [1.54, 1.807) is 66.9 Å². The molecule has 1 atom stereocenters. The molecule has 0 fully saturated rings. The molecule has 1 aromatic heterocycles. The molecule has 0 aliphatic rings. The number of hydrogen-bond acceptors (Lipinski definition) is 5. The minimum Gasteiger partial charge on any atom is -0.484 e. The zero-order chi connectivity index (χ0) is 21.6. The average molecular weight is 445 g/mol. The molecule has 0 aliphatic heterocycles. The minimum absolute atomic E-state index is 0.106. The lowest BCUT2D eigenvalue weighted by molar-refractivity contribution is -0.123. The Morgan fingerprint density at radius 2 is 1.80 bits per heavy atom. The van der Waals surface area contributed by atoms with Gasteiger partial charge in [0, 0.05) is 24.0 Å². The molecule has 156 valence electrons. The maximum Gasteiger partial charge on any atom is 0.257 e. The van der Waals surface area contributed by atoms with Crippen LogP contribution in [0, 0.1) is 6.92 Å². The highest BCUT2D eigenvalue weighted by atomic mass is 35.5. The molecular formula is C22H21ClN2O4S. The van der Waals surface area contributed by atoms with Crippen molar-refractivity contribution < 1.29 is 17.9 Å². The lowest BCUT2D eigenvalue weighted by Crippen LogP contribution is -2.35. The molecule has 0 aliphatic carbocycles. The molecule has 0 saturated carbocycles. The van der Waals surface area contributed by atoms with Gasteiger partial charge in [-0.25, -0.2) is 8.42 Å². The molecule has 3 aromatic rings. The smallest absolute Gasteiger partial charge is 0.257 e. The summed E-state index contributed by atoms with van der Waals surface area (Å²) in [5, 5.41) is 2.24. The van der Waals surface area contributed by atoms with Crippen LogP contribution in [0.15, 0.2) is 78.0 Å². The highest BCUT2D eigenvalue weighted by molar-refractivity contribution is 7.91. The van der Waals surface area contributed by atoms with Gasteiger partial charge < -0.3 is 10.1 Å². The summed E-state index contributed by atoms with van der Waals surface area (Å²) in [4.78, 5) is 16.5. The van der Waals surface area contributed by atoms with E-state index in [1.807, 2.05) is 6.92 Å². The average Bonchev–Trinajstić information content (AvgIpc) is 2.74. The van der Waals surface area contributed by atoms with Crippen molar-refractivity contribution >= 4 is 27.3 Å². The Bertz CT molecular complexity index is 1090. The lowest BCUT2D eigenvalue weighted by Gasteiger charge is -2.19. The van der Waals surface area contributed by atoms with E-state index < -0.39 is 21.0 Å². The first-order valence-corrected chi connectivity index (χ1v) is 11.1. The van der Waals surface area contributed by atoms with Crippen molar-refractivity contribution in [2.75, 3.05) is 13.2 Å². The Balaban J connectivity index is 1.72. The standard InChI is InChI=1S/C22H21ClN2O4S/c1-16-4-10-20(11-5-16)30(27,28)21(17-3-2-12-24-13-17)14-25-22(26)15-29-19-8-6-18(23)7-9-19/h2-13,21H,14-15H2,1H3,(H,25,26)/t21-/m0/s1. The van der Waals surface area contributed by atoms with Gasteiger partial charge in [-0.1, -0.05) is 35.4 Å². The van der Waals surface area contributed by atoms with Gasteiger partial charge >= 0.3 is 0 Å². The zero-order valence-corrected chi connectivity index (χ0v) is 17.9. The van der Waals surface area contributed by atoms with E-state index in [0.29, 0.717) is 16.3 Å². The normalized spacial score (nSPS) is 12.2. The van der Waals surface area contributed by atoms with Crippen molar-refractivity contribution in [3.63, 3.8) is 0 Å². The molecule has 1 amide bonds. The van der Waals surface area contributed by atoms with Crippen LogP contribution in [0.2, 0.25) is 5.02 Å². The second-order valence-electron chi connectivity index (χ2n) is 6.68. The number of hydrogen-bond donors (Lipinski definition) is 1. The summed E-state index contributed by atoms with van der Waals surface area (Å²) in [5.41, 5.74) is 1.46. The molecule has 8 heteroatoms. The zero-order valence-electron chi connectivity index (χ0n) is 16.3. The van der Waals surface area contributed by atoms with Gasteiger partial charge in [-0.15, -0.1) is 0 Å². The van der Waals surface area contributed by atoms with E-state index in [0.717, 1.165) is 5.56 Å². The van der Waals surface area contributed by atoms with Crippen molar-refractivity contribution in [1.82, 2.24) is 10.3 Å². The van der Waals surface area contributed by atoms with Gasteiger partial charge in [0.2, 0.25) is 0 Å². The van der Waals surface area contributed by atoms with E-state index in [2.05, 4.69) is 10.3 Å². The Morgan fingerprint density at radius 1 is 1.10 bits per heavy atom. The number of aryl methyl sites for hydroxylation is 1. The summed E-state index contributed by atoms with van der Waals surface area (Å²) in [6.07, 6.45) is 3.06. The first-order valence-electron chi connectivity index (χ1n) is 9.22. The van der Waals surface area contributed by atoms with Crippen LogP contribution in [0.1, 0.15) is 16.4 Å². The fourth-order valence-corrected chi connectivity index (χ4v) is 4.57. The predicted octanol–water partition coefficient (Wildman–Crippen LogP) is 3.75. The number of nitrogens with zero attached hydrogens (tertiary/aromatic N) is 1. The van der Waals surface area contributed by atoms with E-state index >= 15 is 0 Å². The molecule has 1 N–H and O–H groups in total. The summed E-state index contributed by atoms with van der Waals surface area (Å²) < 4.78 is 31.9. The summed E-state index contributed by atoms with van der Waals surface area (Å²) in [6.45, 7) is 1.53. The number of nitrogens with one attached hydrogen (secondary N) is 1. The molecule has 0 unspecified atom stereocenters. The van der Waals surface area contributed by atoms with Crippen LogP contribution in [0.25, 0.3) is 0 Å². The second-order valence-corrected chi connectivity index (χ2v) is 9.25. The van der Waals surface area contributed by atoms with Gasteiger partial charge in [0.1, 0.15) is 11.0 Å². The number of pyridine rings is 1. The number of carbonyl (C=O) groups is 1. The maximum atomic E-state index is 13.2. The Kier molecular flexibility index (Phi) is 7.07. The van der Waals surface area contributed by atoms with Crippen LogP contribution in [0.4, 0.5) is 0 Å². The molecule has 0 bridgehead atoms. The third kappa shape index (κ3) is 5.58. The molecular weight excluding hydrogens is 424 g/mol. The van der Waals surface area contributed by atoms with Crippen LogP contribution in [-0.2, 0) is 14.6 Å². The minimum atomic E-state index is -3.75. The molecule has 30 heavy (non-hydrogen) atoms. The number of halogens is 1. The van der Waals surface area contributed by atoms with Crippen molar-refractivity contribution in [2.45, 2.75) is 17.1 Å². The number of amides is 1. The van der Waals surface area contributed by atoms with E-state index in [-0.39, 0.29) is 18.0 Å². The highest BCUT2D eigenvalue weighted by Crippen LogP contribution is 2.28. The number of benzene rings is 2. The van der Waals surface area contributed by atoms with E-state index in [4.69, 9.17) is 16.3 Å². The first kappa shape index (κ1) is 21.8. The fourth-order valence-electron chi connectivity index (χ4n) is 2.80. The van der Waals surface area contributed by atoms with Crippen molar-refractivity contribution in [3.05, 3.63) is 89.2 Å². The number of aromatic nitrogens is 1. The predicted molar refractivity (Wildman–Crippen MR) is 115 cm³/mol. The largest absolute Gasteiger partial charge is 0.484 e. The van der Waals surface area contributed by atoms with Crippen LogP contribution >= 0.6 is 11.6 Å². The van der Waals surface area contributed by atoms with Crippen molar-refractivity contribution in [2.24, 2.45) is 0 Å². The molecule has 6 nitrogen and oxygen atoms in total. The summed E-state index contributed by atoms with van der Waals surface area (Å²) in [5.74, 6) is 0.0589. The van der Waals surface area contributed by atoms with Gasteiger partial charge in [0.25, 0.3) is 5.91 Å².